The Bertz CT molecular complexity index is 820. The minimum atomic E-state index is -0.220. The summed E-state index contributed by atoms with van der Waals surface area (Å²) in [5.41, 5.74) is 2.81. The number of carbonyl (C=O) groups excluding carboxylic acids is 1. The van der Waals surface area contributed by atoms with Gasteiger partial charge in [0.1, 0.15) is 18.1 Å². The van der Waals surface area contributed by atoms with Crippen molar-refractivity contribution in [3.8, 4) is 11.5 Å². The molecule has 0 bridgehead atoms. The summed E-state index contributed by atoms with van der Waals surface area (Å²) < 4.78 is 15.2. The molecule has 0 fully saturated rings. The molecule has 0 saturated carbocycles. The number of hydrogen-bond acceptors (Lipinski definition) is 5. The predicted octanol–water partition coefficient (Wildman–Crippen LogP) is 4.17. The van der Waals surface area contributed by atoms with Crippen LogP contribution in [0.25, 0.3) is 0 Å². The van der Waals surface area contributed by atoms with Crippen LogP contribution in [0.15, 0.2) is 78.9 Å². The molecule has 0 unspecified atom stereocenters. The number of carbonyl (C=O) groups is 1. The van der Waals surface area contributed by atoms with Crippen molar-refractivity contribution in [3.05, 3.63) is 95.6 Å². The van der Waals surface area contributed by atoms with Crippen LogP contribution < -0.4 is 9.47 Å². The lowest BCUT2D eigenvalue weighted by Crippen LogP contribution is -2.07. The molecule has 0 radical (unpaired) electrons. The average molecular weight is 394 g/mol. The van der Waals surface area contributed by atoms with Crippen LogP contribution in [0.4, 0.5) is 0 Å². The second kappa shape index (κ2) is 12.2. The Morgan fingerprint density at radius 2 is 1.24 bits per heavy atom. The molecule has 0 aromatic heterocycles. The second-order valence-corrected chi connectivity index (χ2v) is 6.18. The smallest absolute Gasteiger partial charge is 0.310 e. The molecule has 0 amide bonds. The highest BCUT2D eigenvalue weighted by molar-refractivity contribution is 5.72. The van der Waals surface area contributed by atoms with Crippen LogP contribution in [0.3, 0.4) is 0 Å². The standard InChI is InChI=1S/C16H16O3.C8H10O2/c1-18-15-9-7-14(8-10-15)12-19-16(17)11-13-5-3-2-4-6-13;1-10-8-4-2-7(6-9)3-5-8/h2-10H,11-12H2,1H3;2-5,9H,6H2,1H3. The summed E-state index contributed by atoms with van der Waals surface area (Å²) in [4.78, 5) is 11.7. The molecule has 29 heavy (non-hydrogen) atoms. The summed E-state index contributed by atoms with van der Waals surface area (Å²) >= 11 is 0. The Kier molecular flexibility index (Phi) is 9.25. The van der Waals surface area contributed by atoms with E-state index in [1.165, 1.54) is 0 Å². The second-order valence-electron chi connectivity index (χ2n) is 6.18. The van der Waals surface area contributed by atoms with Gasteiger partial charge in [-0.1, -0.05) is 54.6 Å². The van der Waals surface area contributed by atoms with E-state index in [0.717, 1.165) is 28.2 Å². The zero-order valence-corrected chi connectivity index (χ0v) is 16.7. The van der Waals surface area contributed by atoms with Gasteiger partial charge >= 0.3 is 5.97 Å². The van der Waals surface area contributed by atoms with Crippen molar-refractivity contribution in [3.63, 3.8) is 0 Å². The first-order valence-electron chi connectivity index (χ1n) is 9.21. The third-order valence-electron chi connectivity index (χ3n) is 4.09. The number of benzene rings is 3. The molecule has 0 saturated heterocycles. The van der Waals surface area contributed by atoms with Gasteiger partial charge < -0.3 is 19.3 Å². The van der Waals surface area contributed by atoms with Crippen LogP contribution in [0.2, 0.25) is 0 Å². The molecular weight excluding hydrogens is 368 g/mol. The number of aliphatic hydroxyl groups is 1. The van der Waals surface area contributed by atoms with Gasteiger partial charge in [-0.2, -0.15) is 0 Å². The molecule has 152 valence electrons. The first kappa shape index (κ1) is 22.0. The van der Waals surface area contributed by atoms with E-state index in [-0.39, 0.29) is 19.2 Å². The van der Waals surface area contributed by atoms with Gasteiger partial charge in [0, 0.05) is 0 Å². The fraction of sp³-hybridized carbons (Fsp3) is 0.208. The summed E-state index contributed by atoms with van der Waals surface area (Å²) in [5.74, 6) is 1.39. The largest absolute Gasteiger partial charge is 0.497 e. The van der Waals surface area contributed by atoms with Crippen LogP contribution in [-0.2, 0) is 29.2 Å². The van der Waals surface area contributed by atoms with Gasteiger partial charge in [0.25, 0.3) is 0 Å². The van der Waals surface area contributed by atoms with E-state index in [1.54, 1.807) is 14.2 Å². The van der Waals surface area contributed by atoms with Crippen molar-refractivity contribution >= 4 is 5.97 Å². The normalized spacial score (nSPS) is 9.76. The van der Waals surface area contributed by atoms with Gasteiger partial charge in [-0.05, 0) is 41.0 Å². The zero-order chi connectivity index (χ0) is 20.9. The van der Waals surface area contributed by atoms with Gasteiger partial charge in [0.2, 0.25) is 0 Å². The highest BCUT2D eigenvalue weighted by Crippen LogP contribution is 2.12. The maximum Gasteiger partial charge on any atom is 0.310 e. The Labute approximate surface area is 171 Å². The summed E-state index contributed by atoms with van der Waals surface area (Å²) in [6.45, 7) is 0.375. The summed E-state index contributed by atoms with van der Waals surface area (Å²) in [5, 5.41) is 8.66. The highest BCUT2D eigenvalue weighted by atomic mass is 16.5. The van der Waals surface area contributed by atoms with Gasteiger partial charge in [-0.3, -0.25) is 4.79 Å². The molecule has 3 aromatic rings. The van der Waals surface area contributed by atoms with Gasteiger partial charge in [0.15, 0.2) is 0 Å². The third kappa shape index (κ3) is 8.07. The Morgan fingerprint density at radius 3 is 1.72 bits per heavy atom. The van der Waals surface area contributed by atoms with Crippen molar-refractivity contribution in [2.75, 3.05) is 14.2 Å². The number of esters is 1. The number of methoxy groups -OCH3 is 2. The van der Waals surface area contributed by atoms with E-state index in [1.807, 2.05) is 78.9 Å². The van der Waals surface area contributed by atoms with E-state index >= 15 is 0 Å². The molecule has 5 nitrogen and oxygen atoms in total. The summed E-state index contributed by atoms with van der Waals surface area (Å²) in [6, 6.07) is 24.3. The monoisotopic (exact) mass is 394 g/mol. The van der Waals surface area contributed by atoms with Crippen LogP contribution in [0.1, 0.15) is 16.7 Å². The SMILES string of the molecule is COc1ccc(CO)cc1.COc1ccc(COC(=O)Cc2ccccc2)cc1. The molecule has 0 aliphatic heterocycles. The fourth-order valence-corrected chi connectivity index (χ4v) is 2.43. The molecule has 0 aliphatic rings. The van der Waals surface area contributed by atoms with E-state index in [9.17, 15) is 4.79 Å². The number of aliphatic hydroxyl groups excluding tert-OH is 1. The lowest BCUT2D eigenvalue weighted by Gasteiger charge is -2.06. The first-order valence-corrected chi connectivity index (χ1v) is 9.21. The Hall–Kier alpha value is -3.31. The van der Waals surface area contributed by atoms with Crippen molar-refractivity contribution < 1.29 is 24.1 Å². The van der Waals surface area contributed by atoms with Crippen molar-refractivity contribution in [1.82, 2.24) is 0 Å². The zero-order valence-electron chi connectivity index (χ0n) is 16.7. The molecule has 1 N–H and O–H groups in total. The summed E-state index contributed by atoms with van der Waals surface area (Å²) in [7, 11) is 3.24. The number of rotatable bonds is 7. The van der Waals surface area contributed by atoms with Gasteiger partial charge in [-0.15, -0.1) is 0 Å². The molecule has 0 aliphatic carbocycles. The lowest BCUT2D eigenvalue weighted by atomic mass is 10.1. The van der Waals surface area contributed by atoms with Crippen molar-refractivity contribution in [2.45, 2.75) is 19.6 Å². The molecule has 5 heteroatoms. The molecular formula is C24H26O5. The topological polar surface area (TPSA) is 65.0 Å². The predicted molar refractivity (Wildman–Crippen MR) is 112 cm³/mol. The van der Waals surface area contributed by atoms with Crippen LogP contribution in [0.5, 0.6) is 11.5 Å². The minimum Gasteiger partial charge on any atom is -0.497 e. The Balaban J connectivity index is 0.000000253. The first-order chi connectivity index (χ1) is 14.1. The van der Waals surface area contributed by atoms with Crippen molar-refractivity contribution in [2.24, 2.45) is 0 Å². The van der Waals surface area contributed by atoms with Crippen molar-refractivity contribution in [1.29, 1.82) is 0 Å². The Morgan fingerprint density at radius 1 is 0.724 bits per heavy atom. The van der Waals surface area contributed by atoms with Gasteiger partial charge in [-0.25, -0.2) is 0 Å². The van der Waals surface area contributed by atoms with E-state index < -0.39 is 0 Å². The van der Waals surface area contributed by atoms with Gasteiger partial charge in [0.05, 0.1) is 27.2 Å². The van der Waals surface area contributed by atoms with Crippen LogP contribution >= 0.6 is 0 Å². The quantitative estimate of drug-likeness (QED) is 0.610. The average Bonchev–Trinajstić information content (AvgIpc) is 2.79. The molecule has 3 aromatic carbocycles. The molecule has 0 atom stereocenters. The molecule has 0 heterocycles. The third-order valence-corrected chi connectivity index (χ3v) is 4.09. The van der Waals surface area contributed by atoms with E-state index in [0.29, 0.717) is 6.42 Å². The molecule has 0 spiro atoms. The molecule has 3 rings (SSSR count). The minimum absolute atomic E-state index is 0.0873. The lowest BCUT2D eigenvalue weighted by molar-refractivity contribution is -0.144. The maximum atomic E-state index is 11.7. The number of hydrogen-bond donors (Lipinski definition) is 1. The maximum absolute atomic E-state index is 11.7. The van der Waals surface area contributed by atoms with Crippen LogP contribution in [0, 0.1) is 0 Å². The fourth-order valence-electron chi connectivity index (χ4n) is 2.43. The highest BCUT2D eigenvalue weighted by Gasteiger charge is 2.05. The number of ether oxygens (including phenoxy) is 3. The summed E-state index contributed by atoms with van der Waals surface area (Å²) in [6.07, 6.45) is 0.303. The van der Waals surface area contributed by atoms with Crippen LogP contribution in [-0.4, -0.2) is 25.3 Å². The van der Waals surface area contributed by atoms with E-state index in [2.05, 4.69) is 0 Å². The van der Waals surface area contributed by atoms with E-state index in [4.69, 9.17) is 19.3 Å².